The van der Waals surface area contributed by atoms with Gasteiger partial charge in [0.2, 0.25) is 5.43 Å². The van der Waals surface area contributed by atoms with Crippen molar-refractivity contribution >= 4 is 5.91 Å². The fraction of sp³-hybridized carbons (Fsp3) is 0.429. The minimum Gasteiger partial charge on any atom is -0.502 e. The number of hydrogen-bond donors (Lipinski definition) is 1. The molecule has 2 aliphatic heterocycles. The lowest BCUT2D eigenvalue weighted by Gasteiger charge is -2.62. The van der Waals surface area contributed by atoms with Gasteiger partial charge in [0.1, 0.15) is 6.17 Å². The van der Waals surface area contributed by atoms with Crippen LogP contribution in [0.1, 0.15) is 49.7 Å². The van der Waals surface area contributed by atoms with Crippen molar-refractivity contribution < 1.29 is 9.90 Å². The molecule has 2 unspecified atom stereocenters. The molecule has 2 aliphatic rings. The van der Waals surface area contributed by atoms with E-state index in [0.717, 1.165) is 18.4 Å². The fourth-order valence-electron chi connectivity index (χ4n) is 4.66. The molecule has 1 fully saturated rings. The molecule has 0 saturated carbocycles. The molecule has 142 valence electrons. The zero-order valence-electron chi connectivity index (χ0n) is 16.1. The summed E-state index contributed by atoms with van der Waals surface area (Å²) in [4.78, 5) is 26.6. The Morgan fingerprint density at radius 1 is 1.07 bits per heavy atom. The van der Waals surface area contributed by atoms with Crippen LogP contribution in [0.25, 0.3) is 0 Å². The number of hydrogen-bond acceptors (Lipinski definition) is 4. The van der Waals surface area contributed by atoms with Crippen molar-refractivity contribution in [1.29, 1.82) is 0 Å². The highest BCUT2D eigenvalue weighted by atomic mass is 16.3. The van der Waals surface area contributed by atoms with Crippen molar-refractivity contribution in [1.82, 2.24) is 9.58 Å². The molecule has 1 saturated heterocycles. The molecule has 4 rings (SSSR count). The van der Waals surface area contributed by atoms with Crippen LogP contribution < -0.4 is 10.4 Å². The summed E-state index contributed by atoms with van der Waals surface area (Å²) >= 11 is 0. The summed E-state index contributed by atoms with van der Waals surface area (Å²) in [5.74, 6) is -0.826. The molecule has 0 spiro atoms. The summed E-state index contributed by atoms with van der Waals surface area (Å²) < 4.78 is 1.69. The predicted molar refractivity (Wildman–Crippen MR) is 103 cm³/mol. The number of piperidine rings is 1. The van der Waals surface area contributed by atoms with Crippen molar-refractivity contribution in [3.8, 4) is 5.75 Å². The van der Waals surface area contributed by atoms with Crippen LogP contribution in [-0.2, 0) is 5.54 Å². The number of aromatic hydroxyl groups is 1. The average Bonchev–Trinajstić information content (AvgIpc) is 2.65. The Morgan fingerprint density at radius 2 is 1.74 bits per heavy atom. The summed E-state index contributed by atoms with van der Waals surface area (Å²) in [5.41, 5.74) is 0.0525. The van der Waals surface area contributed by atoms with Gasteiger partial charge in [0.25, 0.3) is 5.91 Å². The van der Waals surface area contributed by atoms with Gasteiger partial charge in [0, 0.05) is 19.3 Å². The van der Waals surface area contributed by atoms with Crippen molar-refractivity contribution in [2.75, 3.05) is 12.1 Å². The normalized spacial score (nSPS) is 26.5. The van der Waals surface area contributed by atoms with Gasteiger partial charge in [-0.25, -0.2) is 0 Å². The van der Waals surface area contributed by atoms with E-state index in [9.17, 15) is 14.7 Å². The Balaban J connectivity index is 2.05. The number of fused-ring (bicyclic) bond motifs is 3. The van der Waals surface area contributed by atoms with Gasteiger partial charge in [-0.15, -0.1) is 0 Å². The van der Waals surface area contributed by atoms with Gasteiger partial charge in [0.15, 0.2) is 11.4 Å². The van der Waals surface area contributed by atoms with Crippen LogP contribution in [0.15, 0.2) is 47.4 Å². The molecule has 6 heteroatoms. The molecular formula is C21H25N3O3. The number of pyridine rings is 1. The second-order valence-corrected chi connectivity index (χ2v) is 8.32. The number of benzene rings is 1. The number of aromatic nitrogens is 1. The minimum absolute atomic E-state index is 0.0288. The van der Waals surface area contributed by atoms with Crippen molar-refractivity contribution in [2.45, 2.75) is 45.3 Å². The van der Waals surface area contributed by atoms with Crippen LogP contribution in [0.2, 0.25) is 0 Å². The highest BCUT2D eigenvalue weighted by Gasteiger charge is 2.56. The van der Waals surface area contributed by atoms with E-state index in [0.29, 0.717) is 0 Å². The maximum absolute atomic E-state index is 12.9. The van der Waals surface area contributed by atoms with Crippen LogP contribution in [0.5, 0.6) is 5.75 Å². The highest BCUT2D eigenvalue weighted by molar-refractivity contribution is 5.96. The third-order valence-electron chi connectivity index (χ3n) is 6.68. The third-order valence-corrected chi connectivity index (χ3v) is 6.68. The molecule has 0 radical (unpaired) electrons. The van der Waals surface area contributed by atoms with Crippen molar-refractivity contribution in [3.63, 3.8) is 0 Å². The molecule has 27 heavy (non-hydrogen) atoms. The zero-order valence-corrected chi connectivity index (χ0v) is 16.1. The fourth-order valence-corrected chi connectivity index (χ4v) is 4.66. The lowest BCUT2D eigenvalue weighted by molar-refractivity contribution is 0.00523. The van der Waals surface area contributed by atoms with Crippen LogP contribution in [-0.4, -0.2) is 33.8 Å². The summed E-state index contributed by atoms with van der Waals surface area (Å²) in [7, 11) is 1.74. The van der Waals surface area contributed by atoms with E-state index in [1.165, 1.54) is 6.07 Å². The van der Waals surface area contributed by atoms with E-state index in [4.69, 9.17) is 0 Å². The zero-order chi connectivity index (χ0) is 19.6. The second kappa shape index (κ2) is 5.62. The summed E-state index contributed by atoms with van der Waals surface area (Å²) in [6.45, 7) is 6.64. The molecule has 1 amide bonds. The molecule has 2 atom stereocenters. The largest absolute Gasteiger partial charge is 0.502 e. The Hall–Kier alpha value is -2.76. The van der Waals surface area contributed by atoms with E-state index in [1.54, 1.807) is 22.8 Å². The topological polar surface area (TPSA) is 65.8 Å². The Bertz CT molecular complexity index is 966. The van der Waals surface area contributed by atoms with Gasteiger partial charge in [-0.1, -0.05) is 44.2 Å². The van der Waals surface area contributed by atoms with E-state index >= 15 is 0 Å². The summed E-state index contributed by atoms with van der Waals surface area (Å²) in [6.07, 6.45) is 3.20. The lowest BCUT2D eigenvalue weighted by atomic mass is 9.63. The SMILES string of the molecule is CN1C(=O)c2c(O)c(=O)ccn2N2C1CCC(C)(C)C2(C)c1ccccc1. The first-order valence-corrected chi connectivity index (χ1v) is 9.27. The van der Waals surface area contributed by atoms with Gasteiger partial charge in [-0.05, 0) is 30.7 Å². The number of amides is 1. The van der Waals surface area contributed by atoms with Crippen LogP contribution in [0.4, 0.5) is 0 Å². The molecule has 2 aromatic rings. The van der Waals surface area contributed by atoms with Crippen molar-refractivity contribution in [3.05, 3.63) is 64.1 Å². The van der Waals surface area contributed by atoms with E-state index in [-0.39, 0.29) is 23.2 Å². The molecule has 1 aromatic carbocycles. The van der Waals surface area contributed by atoms with Gasteiger partial charge >= 0.3 is 0 Å². The molecule has 1 N–H and O–H groups in total. The second-order valence-electron chi connectivity index (χ2n) is 8.32. The van der Waals surface area contributed by atoms with Gasteiger partial charge in [-0.3, -0.25) is 19.3 Å². The molecule has 0 bridgehead atoms. The van der Waals surface area contributed by atoms with E-state index < -0.39 is 16.7 Å². The molecule has 3 heterocycles. The number of carbonyl (C=O) groups is 1. The number of carbonyl (C=O) groups excluding carboxylic acids is 1. The smallest absolute Gasteiger partial charge is 0.277 e. The average molecular weight is 367 g/mol. The molecule has 6 nitrogen and oxygen atoms in total. The maximum atomic E-state index is 12.9. The Morgan fingerprint density at radius 3 is 2.41 bits per heavy atom. The van der Waals surface area contributed by atoms with E-state index in [1.807, 2.05) is 18.2 Å². The monoisotopic (exact) mass is 367 g/mol. The highest BCUT2D eigenvalue weighted by Crippen LogP contribution is 2.52. The quantitative estimate of drug-likeness (QED) is 0.842. The molecular weight excluding hydrogens is 342 g/mol. The summed E-state index contributed by atoms with van der Waals surface area (Å²) in [5, 5.41) is 12.5. The van der Waals surface area contributed by atoms with Gasteiger partial charge < -0.3 is 10.0 Å². The minimum atomic E-state index is -0.542. The van der Waals surface area contributed by atoms with Crippen molar-refractivity contribution in [2.24, 2.45) is 5.41 Å². The third kappa shape index (κ3) is 2.19. The Labute approximate surface area is 158 Å². The predicted octanol–water partition coefficient (Wildman–Crippen LogP) is 2.64. The number of nitrogens with zero attached hydrogens (tertiary/aromatic N) is 3. The molecule has 0 aliphatic carbocycles. The van der Waals surface area contributed by atoms with E-state index in [2.05, 4.69) is 37.9 Å². The first-order chi connectivity index (χ1) is 12.7. The maximum Gasteiger partial charge on any atom is 0.277 e. The first kappa shape index (κ1) is 17.6. The molecule has 1 aromatic heterocycles. The lowest BCUT2D eigenvalue weighted by Crippen LogP contribution is -2.72. The standard InChI is InChI=1S/C21H25N3O3/c1-20(2)12-10-16-22(4)19(27)17-18(26)15(25)11-13-23(17)24(16)21(20,3)14-8-6-5-7-9-14/h5-9,11,13,16,26H,10,12H2,1-4H3. The summed E-state index contributed by atoms with van der Waals surface area (Å²) in [6, 6.07) is 11.5. The van der Waals surface area contributed by atoms with Gasteiger partial charge in [0.05, 0.1) is 5.54 Å². The van der Waals surface area contributed by atoms with Crippen LogP contribution >= 0.6 is 0 Å². The number of rotatable bonds is 1. The first-order valence-electron chi connectivity index (χ1n) is 9.27. The van der Waals surface area contributed by atoms with Gasteiger partial charge in [-0.2, -0.15) is 0 Å². The van der Waals surface area contributed by atoms with Crippen LogP contribution in [0, 0.1) is 5.41 Å². The Kier molecular flexibility index (Phi) is 3.67. The van der Waals surface area contributed by atoms with Crippen LogP contribution in [0.3, 0.4) is 0 Å².